The van der Waals surface area contributed by atoms with Crippen molar-refractivity contribution in [2.45, 2.75) is 6.04 Å². The van der Waals surface area contributed by atoms with Gasteiger partial charge in [0.25, 0.3) is 0 Å². The van der Waals surface area contributed by atoms with Crippen LogP contribution < -0.4 is 16.4 Å². The van der Waals surface area contributed by atoms with Crippen molar-refractivity contribution in [2.75, 3.05) is 24.7 Å². The molecule has 0 bridgehead atoms. The third-order valence-electron chi connectivity index (χ3n) is 3.09. The quantitative estimate of drug-likeness (QED) is 0.782. The molecule has 1 aliphatic heterocycles. The number of carbonyl (C=O) groups excluding carboxylic acids is 1. The molecule has 1 amide bonds. The van der Waals surface area contributed by atoms with E-state index in [-0.39, 0.29) is 21.8 Å². The van der Waals surface area contributed by atoms with Gasteiger partial charge >= 0.3 is 0 Å². The van der Waals surface area contributed by atoms with Crippen molar-refractivity contribution in [3.63, 3.8) is 0 Å². The summed E-state index contributed by atoms with van der Waals surface area (Å²) in [5, 5.41) is 0. The van der Waals surface area contributed by atoms with E-state index in [1.807, 2.05) is 0 Å². The molecule has 0 radical (unpaired) electrons. The van der Waals surface area contributed by atoms with Gasteiger partial charge in [0, 0.05) is 12.1 Å². The molecule has 1 aromatic rings. The van der Waals surface area contributed by atoms with E-state index in [0.29, 0.717) is 18.7 Å². The van der Waals surface area contributed by atoms with Crippen LogP contribution >= 0.6 is 28.1 Å². The topological polar surface area (TPSA) is 81.6 Å². The molecule has 0 saturated carbocycles. The normalized spacial score (nSPS) is 18.9. The molecule has 0 aliphatic carbocycles. The highest BCUT2D eigenvalue weighted by Crippen LogP contribution is 2.31. The predicted octanol–water partition coefficient (Wildman–Crippen LogP) is 0.913. The molecule has 1 atom stereocenters. The lowest BCUT2D eigenvalue weighted by Gasteiger charge is -2.35. The standard InChI is InChI=1S/C12H13BrFN3O2S/c13-9-6(12(16)20)1-2-7(10(9)14)17-3-4-19-5-8(17)11(15)18/h1-2,8H,3-5H2,(H2,15,18)(H2,16,20). The van der Waals surface area contributed by atoms with Gasteiger partial charge in [0.1, 0.15) is 11.0 Å². The van der Waals surface area contributed by atoms with Gasteiger partial charge < -0.3 is 21.1 Å². The van der Waals surface area contributed by atoms with Crippen LogP contribution in [0.4, 0.5) is 10.1 Å². The number of hydrogen-bond donors (Lipinski definition) is 2. The molecule has 4 N–H and O–H groups in total. The van der Waals surface area contributed by atoms with Crippen molar-refractivity contribution in [1.82, 2.24) is 0 Å². The van der Waals surface area contributed by atoms with Gasteiger partial charge in [-0.2, -0.15) is 0 Å². The number of halogens is 2. The Bertz CT molecular complexity index is 570. The molecule has 2 rings (SSSR count). The number of rotatable bonds is 3. The number of morpholine rings is 1. The summed E-state index contributed by atoms with van der Waals surface area (Å²) in [4.78, 5) is 13.1. The molecule has 8 heteroatoms. The van der Waals surface area contributed by atoms with Gasteiger partial charge in [0.15, 0.2) is 5.82 Å². The van der Waals surface area contributed by atoms with Gasteiger partial charge in [-0.25, -0.2) is 4.39 Å². The first-order valence-corrected chi connectivity index (χ1v) is 7.05. The average molecular weight is 362 g/mol. The van der Waals surface area contributed by atoms with Crippen molar-refractivity contribution < 1.29 is 13.9 Å². The Labute approximate surface area is 129 Å². The molecule has 1 heterocycles. The first-order chi connectivity index (χ1) is 9.43. The van der Waals surface area contributed by atoms with Crippen LogP contribution in [0.1, 0.15) is 5.56 Å². The number of amides is 1. The summed E-state index contributed by atoms with van der Waals surface area (Å²) in [5.41, 5.74) is 11.5. The minimum Gasteiger partial charge on any atom is -0.389 e. The maximum absolute atomic E-state index is 14.4. The van der Waals surface area contributed by atoms with Crippen LogP contribution in [0.3, 0.4) is 0 Å². The summed E-state index contributed by atoms with van der Waals surface area (Å²) in [6.45, 7) is 0.921. The first kappa shape index (κ1) is 15.1. The Morgan fingerprint density at radius 2 is 2.20 bits per heavy atom. The second kappa shape index (κ2) is 6.02. The Balaban J connectivity index is 2.44. The third kappa shape index (κ3) is 2.77. The van der Waals surface area contributed by atoms with Gasteiger partial charge in [-0.15, -0.1) is 0 Å². The van der Waals surface area contributed by atoms with Crippen LogP contribution in [0.25, 0.3) is 0 Å². The Kier molecular flexibility index (Phi) is 4.56. The van der Waals surface area contributed by atoms with E-state index in [9.17, 15) is 9.18 Å². The van der Waals surface area contributed by atoms with Gasteiger partial charge in [-0.1, -0.05) is 12.2 Å². The van der Waals surface area contributed by atoms with Crippen LogP contribution in [-0.2, 0) is 9.53 Å². The fourth-order valence-electron chi connectivity index (χ4n) is 2.08. The molecule has 20 heavy (non-hydrogen) atoms. The number of nitrogens with zero attached hydrogens (tertiary/aromatic N) is 1. The van der Waals surface area contributed by atoms with E-state index in [2.05, 4.69) is 15.9 Å². The van der Waals surface area contributed by atoms with E-state index in [4.69, 9.17) is 28.4 Å². The molecule has 1 fully saturated rings. The van der Waals surface area contributed by atoms with E-state index in [1.165, 1.54) is 6.07 Å². The van der Waals surface area contributed by atoms with Crippen molar-refractivity contribution in [3.8, 4) is 0 Å². The third-order valence-corrected chi connectivity index (χ3v) is 4.09. The van der Waals surface area contributed by atoms with Crippen molar-refractivity contribution in [3.05, 3.63) is 28.0 Å². The maximum atomic E-state index is 14.4. The number of carbonyl (C=O) groups is 1. The van der Waals surface area contributed by atoms with E-state index in [1.54, 1.807) is 11.0 Å². The molecule has 1 aliphatic rings. The number of benzene rings is 1. The Morgan fingerprint density at radius 1 is 1.50 bits per heavy atom. The van der Waals surface area contributed by atoms with Crippen LogP contribution in [0.5, 0.6) is 0 Å². The molecule has 1 unspecified atom stereocenters. The molecule has 0 aromatic heterocycles. The van der Waals surface area contributed by atoms with Gasteiger partial charge in [0.05, 0.1) is 23.4 Å². The average Bonchev–Trinajstić information content (AvgIpc) is 2.41. The lowest BCUT2D eigenvalue weighted by atomic mass is 10.1. The highest BCUT2D eigenvalue weighted by molar-refractivity contribution is 9.10. The zero-order chi connectivity index (χ0) is 14.9. The molecular formula is C12H13BrFN3O2S. The summed E-state index contributed by atoms with van der Waals surface area (Å²) in [6, 6.07) is 2.45. The lowest BCUT2D eigenvalue weighted by molar-refractivity contribution is -0.121. The summed E-state index contributed by atoms with van der Waals surface area (Å²) in [7, 11) is 0. The van der Waals surface area contributed by atoms with Gasteiger partial charge in [-0.3, -0.25) is 4.79 Å². The van der Waals surface area contributed by atoms with Crippen LogP contribution in [-0.4, -0.2) is 36.7 Å². The summed E-state index contributed by atoms with van der Waals surface area (Å²) in [6.07, 6.45) is 0. The fraction of sp³-hybridized carbons (Fsp3) is 0.333. The van der Waals surface area contributed by atoms with E-state index >= 15 is 0 Å². The number of nitrogens with two attached hydrogens (primary N) is 2. The number of thiocarbonyl (C=S) groups is 1. The smallest absolute Gasteiger partial charge is 0.242 e. The second-order valence-electron chi connectivity index (χ2n) is 4.31. The zero-order valence-electron chi connectivity index (χ0n) is 10.4. The second-order valence-corrected chi connectivity index (χ2v) is 5.54. The van der Waals surface area contributed by atoms with E-state index < -0.39 is 17.8 Å². The first-order valence-electron chi connectivity index (χ1n) is 5.85. The molecule has 0 spiro atoms. The SMILES string of the molecule is NC(=O)C1COCCN1c1ccc(C(N)=S)c(Br)c1F. The van der Waals surface area contributed by atoms with Crippen LogP contribution in [0.2, 0.25) is 0 Å². The molecule has 108 valence electrons. The number of primary amides is 1. The fourth-order valence-corrected chi connectivity index (χ4v) is 2.93. The van der Waals surface area contributed by atoms with Gasteiger partial charge in [0.2, 0.25) is 5.91 Å². The van der Waals surface area contributed by atoms with E-state index in [0.717, 1.165) is 0 Å². The van der Waals surface area contributed by atoms with Crippen molar-refractivity contribution in [1.29, 1.82) is 0 Å². The summed E-state index contributed by atoms with van der Waals surface area (Å²) < 4.78 is 19.8. The number of ether oxygens (including phenoxy) is 1. The lowest BCUT2D eigenvalue weighted by Crippen LogP contribution is -2.53. The maximum Gasteiger partial charge on any atom is 0.242 e. The molecular weight excluding hydrogens is 349 g/mol. The van der Waals surface area contributed by atoms with Gasteiger partial charge in [-0.05, 0) is 28.1 Å². The van der Waals surface area contributed by atoms with Crippen molar-refractivity contribution >= 4 is 44.7 Å². The van der Waals surface area contributed by atoms with Crippen LogP contribution in [0, 0.1) is 5.82 Å². The Morgan fingerprint density at radius 3 is 2.80 bits per heavy atom. The number of hydrogen-bond acceptors (Lipinski definition) is 4. The van der Waals surface area contributed by atoms with Crippen LogP contribution in [0.15, 0.2) is 16.6 Å². The zero-order valence-corrected chi connectivity index (χ0v) is 12.8. The summed E-state index contributed by atoms with van der Waals surface area (Å²) in [5.74, 6) is -1.08. The minimum absolute atomic E-state index is 0.0933. The number of anilines is 1. The highest BCUT2D eigenvalue weighted by Gasteiger charge is 2.30. The monoisotopic (exact) mass is 361 g/mol. The predicted molar refractivity (Wildman–Crippen MR) is 81.1 cm³/mol. The molecule has 1 aromatic carbocycles. The minimum atomic E-state index is -0.694. The Hall–Kier alpha value is -1.25. The summed E-state index contributed by atoms with van der Waals surface area (Å²) >= 11 is 7.99. The van der Waals surface area contributed by atoms with Crippen molar-refractivity contribution in [2.24, 2.45) is 11.5 Å². The molecule has 1 saturated heterocycles. The highest BCUT2D eigenvalue weighted by atomic mass is 79.9. The molecule has 5 nitrogen and oxygen atoms in total. The largest absolute Gasteiger partial charge is 0.389 e.